The molecule has 102 valence electrons. The van der Waals surface area contributed by atoms with Crippen molar-refractivity contribution in [2.24, 2.45) is 5.92 Å². The van der Waals surface area contributed by atoms with Crippen molar-refractivity contribution in [3.05, 3.63) is 34.4 Å². The van der Waals surface area contributed by atoms with Gasteiger partial charge in [-0.3, -0.25) is 14.9 Å². The Morgan fingerprint density at radius 3 is 2.84 bits per heavy atom. The van der Waals surface area contributed by atoms with Gasteiger partial charge in [0.15, 0.2) is 12.4 Å². The number of nitro groups is 1. The summed E-state index contributed by atoms with van der Waals surface area (Å²) in [4.78, 5) is 21.7. The molecule has 1 saturated heterocycles. The molecule has 7 nitrogen and oxygen atoms in total. The Morgan fingerprint density at radius 2 is 2.21 bits per heavy atom. The lowest BCUT2D eigenvalue weighted by molar-refractivity contribution is -0.385. The molecule has 1 heterocycles. The number of ether oxygens (including phenoxy) is 1. The molecule has 1 amide bonds. The molecule has 0 aromatic heterocycles. The second-order valence-electron chi connectivity index (χ2n) is 4.34. The second kappa shape index (κ2) is 6.14. The molecular weight excluding hydrogens is 250 g/mol. The Morgan fingerprint density at radius 1 is 1.47 bits per heavy atom. The molecule has 1 aliphatic rings. The Balaban J connectivity index is 1.80. The average Bonchev–Trinajstić information content (AvgIpc) is 2.34. The van der Waals surface area contributed by atoms with Gasteiger partial charge in [-0.15, -0.1) is 0 Å². The first-order chi connectivity index (χ1) is 9.16. The molecular formula is C12H15N3O4. The van der Waals surface area contributed by atoms with Gasteiger partial charge in [-0.25, -0.2) is 0 Å². The molecule has 1 aromatic carbocycles. The molecule has 2 rings (SSSR count). The van der Waals surface area contributed by atoms with Crippen LogP contribution in [0.25, 0.3) is 0 Å². The summed E-state index contributed by atoms with van der Waals surface area (Å²) in [5.41, 5.74) is -0.140. The Kier molecular flexibility index (Phi) is 4.30. The number of carbonyl (C=O) groups is 1. The fraction of sp³-hybridized carbons (Fsp3) is 0.417. The van der Waals surface area contributed by atoms with Crippen LogP contribution in [0, 0.1) is 16.0 Å². The van der Waals surface area contributed by atoms with E-state index in [1.807, 2.05) is 0 Å². The van der Waals surface area contributed by atoms with Crippen LogP contribution in [-0.4, -0.2) is 37.1 Å². The van der Waals surface area contributed by atoms with Crippen LogP contribution in [0.4, 0.5) is 5.69 Å². The first-order valence-corrected chi connectivity index (χ1v) is 6.00. The highest BCUT2D eigenvalue weighted by Crippen LogP contribution is 2.25. The van der Waals surface area contributed by atoms with E-state index in [1.165, 1.54) is 12.1 Å². The van der Waals surface area contributed by atoms with Crippen molar-refractivity contribution in [1.29, 1.82) is 0 Å². The van der Waals surface area contributed by atoms with Crippen molar-refractivity contribution in [3.63, 3.8) is 0 Å². The third-order valence-electron chi connectivity index (χ3n) is 2.87. The summed E-state index contributed by atoms with van der Waals surface area (Å²) in [6.07, 6.45) is 0. The number of hydrogen-bond acceptors (Lipinski definition) is 5. The lowest BCUT2D eigenvalue weighted by Crippen LogP contribution is -2.48. The Labute approximate surface area is 110 Å². The molecule has 1 fully saturated rings. The normalized spacial score (nSPS) is 14.5. The van der Waals surface area contributed by atoms with Crippen LogP contribution < -0.4 is 15.4 Å². The number of para-hydroxylation sites is 2. The Bertz CT molecular complexity index is 474. The van der Waals surface area contributed by atoms with Crippen molar-refractivity contribution >= 4 is 11.6 Å². The van der Waals surface area contributed by atoms with Gasteiger partial charge in [-0.05, 0) is 6.07 Å². The number of benzene rings is 1. The third kappa shape index (κ3) is 3.65. The maximum Gasteiger partial charge on any atom is 0.310 e. The van der Waals surface area contributed by atoms with Gasteiger partial charge in [0.05, 0.1) is 4.92 Å². The predicted octanol–water partition coefficient (Wildman–Crippen LogP) is 0.309. The summed E-state index contributed by atoms with van der Waals surface area (Å²) in [5, 5.41) is 16.6. The number of nitrogens with one attached hydrogen (secondary N) is 2. The van der Waals surface area contributed by atoms with Gasteiger partial charge in [0.1, 0.15) is 0 Å². The van der Waals surface area contributed by atoms with Gasteiger partial charge < -0.3 is 15.4 Å². The van der Waals surface area contributed by atoms with E-state index in [4.69, 9.17) is 4.74 Å². The van der Waals surface area contributed by atoms with Gasteiger partial charge in [-0.1, -0.05) is 12.1 Å². The van der Waals surface area contributed by atoms with Crippen molar-refractivity contribution in [3.8, 4) is 5.75 Å². The highest BCUT2D eigenvalue weighted by Gasteiger charge is 2.18. The van der Waals surface area contributed by atoms with Crippen LogP contribution in [0.5, 0.6) is 5.75 Å². The molecule has 0 spiro atoms. The topological polar surface area (TPSA) is 93.5 Å². The molecule has 0 aliphatic carbocycles. The van der Waals surface area contributed by atoms with Crippen molar-refractivity contribution in [2.45, 2.75) is 0 Å². The molecule has 19 heavy (non-hydrogen) atoms. The number of hydrogen-bond donors (Lipinski definition) is 2. The van der Waals surface area contributed by atoms with E-state index in [1.54, 1.807) is 12.1 Å². The zero-order valence-electron chi connectivity index (χ0n) is 10.3. The lowest BCUT2D eigenvalue weighted by Gasteiger charge is -2.27. The van der Waals surface area contributed by atoms with Crippen molar-refractivity contribution in [1.82, 2.24) is 10.6 Å². The van der Waals surface area contributed by atoms with Crippen LogP contribution in [0.15, 0.2) is 24.3 Å². The summed E-state index contributed by atoms with van der Waals surface area (Å²) < 4.78 is 5.17. The van der Waals surface area contributed by atoms with Crippen molar-refractivity contribution in [2.75, 3.05) is 26.2 Å². The molecule has 1 aromatic rings. The average molecular weight is 265 g/mol. The quantitative estimate of drug-likeness (QED) is 0.570. The van der Waals surface area contributed by atoms with Crippen LogP contribution >= 0.6 is 0 Å². The van der Waals surface area contributed by atoms with Crippen LogP contribution in [0.2, 0.25) is 0 Å². The van der Waals surface area contributed by atoms with E-state index < -0.39 is 4.92 Å². The molecule has 1 aliphatic heterocycles. The van der Waals surface area contributed by atoms with E-state index in [2.05, 4.69) is 10.6 Å². The first kappa shape index (κ1) is 13.3. The number of nitro benzene ring substituents is 1. The van der Waals surface area contributed by atoms with Gasteiger partial charge >= 0.3 is 5.69 Å². The smallest absolute Gasteiger partial charge is 0.310 e. The standard InChI is InChI=1S/C12H15N3O4/c16-12(14-7-9-5-13-6-9)8-19-11-4-2-1-3-10(11)15(17)18/h1-4,9,13H,5-8H2,(H,14,16). The minimum Gasteiger partial charge on any atom is -0.477 e. The minimum atomic E-state index is -0.534. The highest BCUT2D eigenvalue weighted by atomic mass is 16.6. The molecule has 0 atom stereocenters. The molecule has 0 unspecified atom stereocenters. The second-order valence-corrected chi connectivity index (χ2v) is 4.34. The number of rotatable bonds is 6. The van der Waals surface area contributed by atoms with E-state index in [9.17, 15) is 14.9 Å². The zero-order chi connectivity index (χ0) is 13.7. The maximum absolute atomic E-state index is 11.5. The molecule has 0 saturated carbocycles. The van der Waals surface area contributed by atoms with Crippen LogP contribution in [0.3, 0.4) is 0 Å². The van der Waals surface area contributed by atoms with Crippen molar-refractivity contribution < 1.29 is 14.5 Å². The molecule has 0 radical (unpaired) electrons. The van der Waals surface area contributed by atoms with Gasteiger partial charge in [-0.2, -0.15) is 0 Å². The summed E-state index contributed by atoms with van der Waals surface area (Å²) in [7, 11) is 0. The first-order valence-electron chi connectivity index (χ1n) is 6.00. The number of amides is 1. The van der Waals surface area contributed by atoms with E-state index in [0.29, 0.717) is 12.5 Å². The van der Waals surface area contributed by atoms with E-state index in [-0.39, 0.29) is 24.0 Å². The molecule has 7 heteroatoms. The summed E-state index contributed by atoms with van der Waals surface area (Å²) in [6, 6.07) is 5.99. The minimum absolute atomic E-state index is 0.105. The Hall–Kier alpha value is -2.15. The largest absolute Gasteiger partial charge is 0.477 e. The van der Waals surface area contributed by atoms with Gasteiger partial charge in [0, 0.05) is 31.6 Å². The van der Waals surface area contributed by atoms with Gasteiger partial charge in [0.2, 0.25) is 0 Å². The predicted molar refractivity (Wildman–Crippen MR) is 68.0 cm³/mol. The highest BCUT2D eigenvalue weighted by molar-refractivity contribution is 5.77. The fourth-order valence-electron chi connectivity index (χ4n) is 1.68. The fourth-order valence-corrected chi connectivity index (χ4v) is 1.68. The molecule has 2 N–H and O–H groups in total. The SMILES string of the molecule is O=C(COc1ccccc1[N+](=O)[O-])NCC1CNC1. The summed E-state index contributed by atoms with van der Waals surface area (Å²) in [5.74, 6) is 0.299. The zero-order valence-corrected chi connectivity index (χ0v) is 10.3. The number of carbonyl (C=O) groups excluding carboxylic acids is 1. The molecule has 0 bridgehead atoms. The van der Waals surface area contributed by atoms with E-state index >= 15 is 0 Å². The van der Waals surface area contributed by atoms with Crippen LogP contribution in [-0.2, 0) is 4.79 Å². The number of nitrogens with zero attached hydrogens (tertiary/aromatic N) is 1. The van der Waals surface area contributed by atoms with Crippen LogP contribution in [0.1, 0.15) is 0 Å². The lowest BCUT2D eigenvalue weighted by atomic mass is 10.0. The van der Waals surface area contributed by atoms with Gasteiger partial charge in [0.25, 0.3) is 5.91 Å². The van der Waals surface area contributed by atoms with E-state index in [0.717, 1.165) is 13.1 Å². The summed E-state index contributed by atoms with van der Waals surface area (Å²) >= 11 is 0. The summed E-state index contributed by atoms with van der Waals surface area (Å²) in [6.45, 7) is 2.20. The monoisotopic (exact) mass is 265 g/mol. The maximum atomic E-state index is 11.5. The third-order valence-corrected chi connectivity index (χ3v) is 2.87.